The highest BCUT2D eigenvalue weighted by molar-refractivity contribution is 7.07. The van der Waals surface area contributed by atoms with Crippen molar-refractivity contribution >= 4 is 29.1 Å². The molecule has 0 unspecified atom stereocenters. The van der Waals surface area contributed by atoms with Crippen LogP contribution in [0.1, 0.15) is 29.7 Å². The second-order valence-electron chi connectivity index (χ2n) is 12.2. The molecule has 5 aromatic carbocycles. The maximum Gasteiger partial charge on any atom is 0.338 e. The summed E-state index contributed by atoms with van der Waals surface area (Å²) in [6, 6.07) is 46.9. The molecule has 0 amide bonds. The van der Waals surface area contributed by atoms with Crippen LogP contribution in [0.4, 0.5) is 4.39 Å². The van der Waals surface area contributed by atoms with Gasteiger partial charge in [-0.05, 0) is 60.0 Å². The normalized spacial score (nSPS) is 14.2. The van der Waals surface area contributed by atoms with Crippen LogP contribution in [0, 0.1) is 5.82 Å². The number of halogens is 1. The molecule has 1 atom stereocenters. The molecule has 3 heterocycles. The van der Waals surface area contributed by atoms with Crippen molar-refractivity contribution in [3.05, 3.63) is 199 Å². The number of para-hydroxylation sites is 1. The first-order valence-electron chi connectivity index (χ1n) is 17.0. The molecule has 0 fully saturated rings. The van der Waals surface area contributed by atoms with Gasteiger partial charge in [0.05, 0.1) is 39.8 Å². The second kappa shape index (κ2) is 14.1. The maximum atomic E-state index is 14.7. The Morgan fingerprint density at radius 1 is 0.788 bits per heavy atom. The summed E-state index contributed by atoms with van der Waals surface area (Å²) >= 11 is 1.25. The number of nitrogens with zero attached hydrogens (tertiary/aromatic N) is 3. The molecule has 2 aromatic heterocycles. The van der Waals surface area contributed by atoms with Crippen LogP contribution in [0.2, 0.25) is 0 Å². The first-order chi connectivity index (χ1) is 25.5. The molecule has 0 spiro atoms. The Morgan fingerprint density at radius 2 is 1.37 bits per heavy atom. The number of aromatic nitrogens is 2. The molecule has 7 aromatic rings. The van der Waals surface area contributed by atoms with E-state index < -0.39 is 17.8 Å². The molecule has 0 saturated heterocycles. The largest absolute Gasteiger partial charge is 0.463 e. The Kier molecular flexibility index (Phi) is 8.89. The predicted octanol–water partition coefficient (Wildman–Crippen LogP) is 8.20. The zero-order valence-electron chi connectivity index (χ0n) is 28.1. The molecule has 1 aliphatic heterocycles. The Balaban J connectivity index is 1.43. The predicted molar refractivity (Wildman–Crippen MR) is 204 cm³/mol. The molecule has 0 aliphatic carbocycles. The summed E-state index contributed by atoms with van der Waals surface area (Å²) in [5, 5.41) is 0. The Hall–Kier alpha value is -6.38. The van der Waals surface area contributed by atoms with Crippen LogP contribution in [0.5, 0.6) is 0 Å². The van der Waals surface area contributed by atoms with Crippen LogP contribution < -0.4 is 14.9 Å². The maximum absolute atomic E-state index is 14.7. The molecular formula is C44H32FN3O3S. The summed E-state index contributed by atoms with van der Waals surface area (Å²) in [4.78, 5) is 34.0. The first-order valence-corrected chi connectivity index (χ1v) is 17.8. The zero-order chi connectivity index (χ0) is 35.6. The topological polar surface area (TPSA) is 65.6 Å². The number of rotatable bonds is 8. The van der Waals surface area contributed by atoms with Crippen molar-refractivity contribution in [2.75, 3.05) is 6.61 Å². The lowest BCUT2D eigenvalue weighted by Gasteiger charge is -2.25. The van der Waals surface area contributed by atoms with Gasteiger partial charge in [0, 0.05) is 16.8 Å². The molecule has 52 heavy (non-hydrogen) atoms. The van der Waals surface area contributed by atoms with Gasteiger partial charge in [-0.1, -0.05) is 133 Å². The van der Waals surface area contributed by atoms with Crippen molar-refractivity contribution in [3.8, 4) is 28.2 Å². The molecule has 6 nitrogen and oxygen atoms in total. The van der Waals surface area contributed by atoms with Crippen molar-refractivity contribution in [1.82, 2.24) is 9.13 Å². The molecule has 8 rings (SSSR count). The van der Waals surface area contributed by atoms with E-state index in [-0.39, 0.29) is 17.7 Å². The van der Waals surface area contributed by atoms with Crippen molar-refractivity contribution in [1.29, 1.82) is 0 Å². The van der Waals surface area contributed by atoms with Crippen LogP contribution in [0.15, 0.2) is 167 Å². The number of ether oxygens (including phenoxy) is 1. The molecule has 8 heteroatoms. The highest BCUT2D eigenvalue weighted by atomic mass is 32.1. The lowest BCUT2D eigenvalue weighted by Crippen LogP contribution is -2.40. The first kappa shape index (κ1) is 32.8. The number of carbonyl (C=O) groups is 1. The van der Waals surface area contributed by atoms with Crippen molar-refractivity contribution in [2.24, 2.45) is 4.99 Å². The fourth-order valence-corrected chi connectivity index (χ4v) is 7.73. The highest BCUT2D eigenvalue weighted by Gasteiger charge is 2.35. The van der Waals surface area contributed by atoms with E-state index in [4.69, 9.17) is 9.73 Å². The minimum atomic E-state index is -0.907. The zero-order valence-corrected chi connectivity index (χ0v) is 29.0. The number of hydrogen-bond donors (Lipinski definition) is 0. The third-order valence-corrected chi connectivity index (χ3v) is 9.99. The van der Waals surface area contributed by atoms with Gasteiger partial charge in [-0.3, -0.25) is 9.36 Å². The van der Waals surface area contributed by atoms with Gasteiger partial charge < -0.3 is 9.30 Å². The molecule has 0 N–H and O–H groups in total. The van der Waals surface area contributed by atoms with Crippen molar-refractivity contribution in [2.45, 2.75) is 13.0 Å². The summed E-state index contributed by atoms with van der Waals surface area (Å²) in [6.07, 6.45) is 1.91. The summed E-state index contributed by atoms with van der Waals surface area (Å²) in [7, 11) is 0. The number of carbonyl (C=O) groups excluding carboxylic acids is 1. The molecule has 254 valence electrons. The van der Waals surface area contributed by atoms with Crippen LogP contribution in [-0.2, 0) is 9.53 Å². The van der Waals surface area contributed by atoms with Gasteiger partial charge >= 0.3 is 5.97 Å². The Labute approximate surface area is 303 Å². The number of esters is 1. The molecule has 0 radical (unpaired) electrons. The molecule has 0 saturated carbocycles. The van der Waals surface area contributed by atoms with Crippen LogP contribution in [0.3, 0.4) is 0 Å². The van der Waals surface area contributed by atoms with Gasteiger partial charge in [-0.15, -0.1) is 0 Å². The number of benzene rings is 5. The fraction of sp³-hybridized carbons (Fsp3) is 0.0682. The quantitative estimate of drug-likeness (QED) is 0.150. The fourth-order valence-electron chi connectivity index (χ4n) is 6.74. The monoisotopic (exact) mass is 701 g/mol. The van der Waals surface area contributed by atoms with Crippen LogP contribution >= 0.6 is 11.3 Å². The van der Waals surface area contributed by atoms with E-state index in [1.807, 2.05) is 91.0 Å². The summed E-state index contributed by atoms with van der Waals surface area (Å²) < 4.78 is 24.0. The smallest absolute Gasteiger partial charge is 0.338 e. The summed E-state index contributed by atoms with van der Waals surface area (Å²) in [5.74, 6) is -1.01. The highest BCUT2D eigenvalue weighted by Crippen LogP contribution is 2.38. The summed E-state index contributed by atoms with van der Waals surface area (Å²) in [5.41, 5.74) is 7.27. The average Bonchev–Trinajstić information content (AvgIpc) is 3.72. The minimum absolute atomic E-state index is 0.134. The lowest BCUT2D eigenvalue weighted by atomic mass is 9.93. The van der Waals surface area contributed by atoms with Crippen LogP contribution in [0.25, 0.3) is 40.0 Å². The van der Waals surface area contributed by atoms with Gasteiger partial charge in [0.15, 0.2) is 4.80 Å². The average molecular weight is 702 g/mol. The van der Waals surface area contributed by atoms with E-state index in [1.54, 1.807) is 19.1 Å². The van der Waals surface area contributed by atoms with Crippen molar-refractivity contribution in [3.63, 3.8) is 0 Å². The Morgan fingerprint density at radius 3 is 1.98 bits per heavy atom. The van der Waals surface area contributed by atoms with Gasteiger partial charge in [-0.25, -0.2) is 14.2 Å². The van der Waals surface area contributed by atoms with E-state index in [9.17, 15) is 14.0 Å². The third kappa shape index (κ3) is 6.03. The lowest BCUT2D eigenvalue weighted by molar-refractivity contribution is -0.138. The molecule has 1 aliphatic rings. The van der Waals surface area contributed by atoms with E-state index in [1.165, 1.54) is 28.0 Å². The number of thiazole rings is 1. The van der Waals surface area contributed by atoms with E-state index in [2.05, 4.69) is 47.0 Å². The van der Waals surface area contributed by atoms with Gasteiger partial charge in [0.2, 0.25) is 0 Å². The summed E-state index contributed by atoms with van der Waals surface area (Å²) in [6.45, 7) is 1.87. The van der Waals surface area contributed by atoms with Gasteiger partial charge in [-0.2, -0.15) is 0 Å². The van der Waals surface area contributed by atoms with Crippen LogP contribution in [-0.4, -0.2) is 21.7 Å². The third-order valence-electron chi connectivity index (χ3n) is 9.01. The van der Waals surface area contributed by atoms with Crippen molar-refractivity contribution < 1.29 is 13.9 Å². The SMILES string of the molecule is CCOC(=O)C1=C(c2ccccc2)N=c2s/c(=C\c3cc(-c4ccccc4)n(-c4ccccc4)c3-c3ccccc3)c(=O)n2[C@H]1c1ccc(F)cc1. The standard InChI is InChI=1S/C44H32FN3O3S/c1-2-51-43(50)38-39(30-17-9-4-10-18-30)46-44-48(41(38)32-23-25-34(45)26-24-32)42(49)37(52-44)28-33-27-36(29-15-7-3-8-16-29)47(35-21-13-6-14-22-35)40(33)31-19-11-5-12-20-31/h3-28,41H,2H2,1H3/b37-28-/t41-/m0/s1. The van der Waals surface area contributed by atoms with E-state index in [0.717, 1.165) is 33.8 Å². The van der Waals surface area contributed by atoms with E-state index >= 15 is 0 Å². The molecular weight excluding hydrogens is 670 g/mol. The van der Waals surface area contributed by atoms with E-state index in [0.29, 0.717) is 26.2 Å². The molecule has 0 bridgehead atoms. The van der Waals surface area contributed by atoms with Gasteiger partial charge in [0.1, 0.15) is 5.82 Å². The number of hydrogen-bond acceptors (Lipinski definition) is 5. The number of fused-ring (bicyclic) bond motifs is 1. The Bertz CT molecular complexity index is 2610. The second-order valence-corrected chi connectivity index (χ2v) is 13.2. The van der Waals surface area contributed by atoms with Gasteiger partial charge in [0.25, 0.3) is 5.56 Å². The minimum Gasteiger partial charge on any atom is -0.463 e.